The zero-order valence-electron chi connectivity index (χ0n) is 28.7. The molecule has 0 radical (unpaired) electrons. The number of rotatable bonds is 10. The number of hydrogen-bond acceptors (Lipinski definition) is 6. The third-order valence-electron chi connectivity index (χ3n) is 9.49. The van der Waals surface area contributed by atoms with Crippen molar-refractivity contribution in [3.8, 4) is 0 Å². The topological polar surface area (TPSA) is 77.4 Å². The van der Waals surface area contributed by atoms with Crippen molar-refractivity contribution in [1.29, 1.82) is 0 Å². The Balaban J connectivity index is 1.50. The average molecular weight is 671 g/mol. The molecule has 0 aromatic heterocycles. The van der Waals surface area contributed by atoms with Crippen LogP contribution < -0.4 is 20.7 Å². The highest BCUT2D eigenvalue weighted by molar-refractivity contribution is 7.00. The third kappa shape index (κ3) is 6.71. The molecule has 1 heterocycles. The van der Waals surface area contributed by atoms with Crippen LogP contribution in [0, 0.1) is 0 Å². The van der Waals surface area contributed by atoms with Gasteiger partial charge in [0, 0.05) is 7.11 Å². The molecule has 4 aromatic carbocycles. The summed E-state index contributed by atoms with van der Waals surface area (Å²) in [7, 11) is -4.48. The van der Waals surface area contributed by atoms with Crippen LogP contribution in [-0.2, 0) is 18.3 Å². The molecule has 6 nitrogen and oxygen atoms in total. The van der Waals surface area contributed by atoms with Crippen molar-refractivity contribution in [2.45, 2.75) is 82.3 Å². The molecule has 0 unspecified atom stereocenters. The summed E-state index contributed by atoms with van der Waals surface area (Å²) in [6, 6.07) is 41.1. The highest BCUT2D eigenvalue weighted by atomic mass is 28.4. The summed E-state index contributed by atoms with van der Waals surface area (Å²) < 4.78 is 26.8. The maximum Gasteiger partial charge on any atom is 0.261 e. The molecule has 4 aromatic rings. The Morgan fingerprint density at radius 3 is 1.28 bits per heavy atom. The maximum absolute atomic E-state index is 11.9. The van der Waals surface area contributed by atoms with Crippen molar-refractivity contribution < 1.29 is 28.5 Å². The zero-order valence-corrected chi connectivity index (χ0v) is 30.7. The number of methoxy groups -OCH3 is 1. The van der Waals surface area contributed by atoms with E-state index in [1.54, 1.807) is 7.11 Å². The van der Waals surface area contributed by atoms with Crippen molar-refractivity contribution in [3.05, 3.63) is 121 Å². The molecule has 0 saturated carbocycles. The number of aliphatic hydroxyl groups is 2. The SMILES string of the molecule is CO[C@H]1O[C@H](CO[Si](c2ccccc2)(c2ccccc2)C(C)(C)C)[C@@H](O)[C@H](O)[C@@H]1O[Si](c1ccccc1)(c1ccccc1)C(C)(C)C. The van der Waals surface area contributed by atoms with Gasteiger partial charge in [-0.15, -0.1) is 0 Å². The van der Waals surface area contributed by atoms with Gasteiger partial charge in [-0.25, -0.2) is 0 Å². The number of benzene rings is 4. The molecule has 250 valence electrons. The van der Waals surface area contributed by atoms with Gasteiger partial charge >= 0.3 is 0 Å². The zero-order chi connectivity index (χ0) is 33.9. The Morgan fingerprint density at radius 1 is 0.574 bits per heavy atom. The van der Waals surface area contributed by atoms with Gasteiger partial charge in [0.25, 0.3) is 16.6 Å². The normalized spacial score (nSPS) is 22.6. The van der Waals surface area contributed by atoms with Crippen molar-refractivity contribution in [1.82, 2.24) is 0 Å². The molecule has 0 amide bonds. The van der Waals surface area contributed by atoms with E-state index in [1.807, 2.05) is 72.8 Å². The van der Waals surface area contributed by atoms with Crippen molar-refractivity contribution in [2.24, 2.45) is 0 Å². The van der Waals surface area contributed by atoms with Crippen molar-refractivity contribution in [3.63, 3.8) is 0 Å². The van der Waals surface area contributed by atoms with Gasteiger partial charge in [0.2, 0.25) is 0 Å². The van der Waals surface area contributed by atoms with E-state index in [-0.39, 0.29) is 16.7 Å². The van der Waals surface area contributed by atoms with Gasteiger partial charge in [-0.3, -0.25) is 0 Å². The second-order valence-electron chi connectivity index (χ2n) is 14.5. The summed E-state index contributed by atoms with van der Waals surface area (Å²) in [5.41, 5.74) is 0. The fraction of sp³-hybridized carbons (Fsp3) is 0.385. The maximum atomic E-state index is 11.9. The molecule has 1 fully saturated rings. The van der Waals surface area contributed by atoms with Gasteiger partial charge in [-0.1, -0.05) is 163 Å². The molecular formula is C39H50O6Si2. The molecule has 47 heavy (non-hydrogen) atoms. The van der Waals surface area contributed by atoms with Crippen LogP contribution in [0.4, 0.5) is 0 Å². The molecule has 1 aliphatic rings. The second-order valence-corrected chi connectivity index (χ2v) is 23.0. The van der Waals surface area contributed by atoms with Gasteiger partial charge in [-0.2, -0.15) is 0 Å². The number of hydrogen-bond donors (Lipinski definition) is 2. The molecule has 2 N–H and O–H groups in total. The Hall–Kier alpha value is -2.93. The van der Waals surface area contributed by atoms with E-state index in [2.05, 4.69) is 90.1 Å². The van der Waals surface area contributed by atoms with Gasteiger partial charge in [0.1, 0.15) is 24.4 Å². The third-order valence-corrected chi connectivity index (χ3v) is 19.5. The highest BCUT2D eigenvalue weighted by Crippen LogP contribution is 2.41. The monoisotopic (exact) mass is 670 g/mol. The fourth-order valence-corrected chi connectivity index (χ4v) is 16.5. The van der Waals surface area contributed by atoms with Gasteiger partial charge in [0.15, 0.2) is 6.29 Å². The Bertz CT molecular complexity index is 1460. The largest absolute Gasteiger partial charge is 0.405 e. The molecule has 0 bridgehead atoms. The van der Waals surface area contributed by atoms with Crippen LogP contribution in [0.3, 0.4) is 0 Å². The molecule has 5 atom stereocenters. The molecule has 0 aliphatic carbocycles. The summed E-state index contributed by atoms with van der Waals surface area (Å²) in [5.74, 6) is 0. The summed E-state index contributed by atoms with van der Waals surface area (Å²) in [6.07, 6.45) is -5.31. The lowest BCUT2D eigenvalue weighted by Gasteiger charge is -2.50. The van der Waals surface area contributed by atoms with E-state index in [1.165, 1.54) is 0 Å². The first kappa shape index (κ1) is 35.4. The van der Waals surface area contributed by atoms with Gasteiger partial charge in [-0.05, 0) is 30.8 Å². The Morgan fingerprint density at radius 2 is 0.936 bits per heavy atom. The van der Waals surface area contributed by atoms with E-state index < -0.39 is 47.3 Å². The van der Waals surface area contributed by atoms with Gasteiger partial charge < -0.3 is 28.5 Å². The van der Waals surface area contributed by atoms with E-state index >= 15 is 0 Å². The van der Waals surface area contributed by atoms with E-state index in [4.69, 9.17) is 18.3 Å². The predicted octanol–water partition coefficient (Wildman–Crippen LogP) is 4.60. The van der Waals surface area contributed by atoms with E-state index in [0.717, 1.165) is 20.7 Å². The second kappa shape index (κ2) is 14.3. The average Bonchev–Trinajstić information content (AvgIpc) is 3.07. The summed E-state index contributed by atoms with van der Waals surface area (Å²) >= 11 is 0. The molecule has 8 heteroatoms. The molecule has 1 saturated heterocycles. The quantitative estimate of drug-likeness (QED) is 0.240. The highest BCUT2D eigenvalue weighted by Gasteiger charge is 2.57. The fourth-order valence-electron chi connectivity index (χ4n) is 7.22. The summed E-state index contributed by atoms with van der Waals surface area (Å²) in [5, 5.41) is 27.4. The first-order valence-electron chi connectivity index (χ1n) is 16.4. The lowest BCUT2D eigenvalue weighted by molar-refractivity contribution is -0.289. The van der Waals surface area contributed by atoms with Crippen LogP contribution in [0.2, 0.25) is 10.1 Å². The predicted molar refractivity (Wildman–Crippen MR) is 194 cm³/mol. The Labute approximate surface area is 282 Å². The van der Waals surface area contributed by atoms with Crippen molar-refractivity contribution >= 4 is 37.4 Å². The lowest BCUT2D eigenvalue weighted by Crippen LogP contribution is -2.72. The summed E-state index contributed by atoms with van der Waals surface area (Å²) in [6.45, 7) is 13.2. The van der Waals surface area contributed by atoms with Crippen molar-refractivity contribution in [2.75, 3.05) is 13.7 Å². The molecule has 5 rings (SSSR count). The molecule has 0 spiro atoms. The lowest BCUT2D eigenvalue weighted by atomic mass is 9.99. The smallest absolute Gasteiger partial charge is 0.261 e. The van der Waals surface area contributed by atoms with Crippen LogP contribution in [0.15, 0.2) is 121 Å². The molecular weight excluding hydrogens is 621 g/mol. The van der Waals surface area contributed by atoms with Crippen LogP contribution in [0.5, 0.6) is 0 Å². The van der Waals surface area contributed by atoms with E-state index in [9.17, 15) is 10.2 Å². The standard InChI is InChI=1S/C39H50O6Si2/c1-38(2,3)46(29-20-12-8-13-21-29,30-22-14-9-15-23-30)43-28-33-34(40)35(41)36(37(42-7)44-33)45-47(39(4,5)6,31-24-16-10-17-25-31)32-26-18-11-19-27-32/h8-27,33-37,40-41H,28H2,1-7H3/t33-,34-,35+,36+,37+/m1/s1. The van der Waals surface area contributed by atoms with Crippen LogP contribution in [0.1, 0.15) is 41.5 Å². The first-order chi connectivity index (χ1) is 22.4. The number of aliphatic hydroxyl groups excluding tert-OH is 2. The Kier molecular flexibility index (Phi) is 10.7. The first-order valence-corrected chi connectivity index (χ1v) is 20.3. The minimum Gasteiger partial charge on any atom is -0.405 e. The molecule has 1 aliphatic heterocycles. The minimum atomic E-state index is -3.11. The van der Waals surface area contributed by atoms with Crippen LogP contribution in [0.25, 0.3) is 0 Å². The summed E-state index contributed by atoms with van der Waals surface area (Å²) in [4.78, 5) is 0. The van der Waals surface area contributed by atoms with E-state index in [0.29, 0.717) is 0 Å². The van der Waals surface area contributed by atoms with Gasteiger partial charge in [0.05, 0.1) is 6.61 Å². The number of ether oxygens (including phenoxy) is 2. The van der Waals surface area contributed by atoms with Crippen LogP contribution in [-0.4, -0.2) is 71.3 Å². The minimum absolute atomic E-state index is 0.0668. The van der Waals surface area contributed by atoms with Crippen LogP contribution >= 0.6 is 0 Å².